The lowest BCUT2D eigenvalue weighted by Gasteiger charge is -2.41. The largest absolute Gasteiger partial charge is 0.332 e. The lowest BCUT2D eigenvalue weighted by molar-refractivity contribution is 0.0660. The van der Waals surface area contributed by atoms with Crippen molar-refractivity contribution in [3.8, 4) is 0 Å². The first-order chi connectivity index (χ1) is 12.4. The number of thiophene rings is 1. The molecule has 1 amide bonds. The minimum Gasteiger partial charge on any atom is -0.332 e. The molecule has 1 saturated heterocycles. The number of benzene rings is 1. The highest BCUT2D eigenvalue weighted by Gasteiger charge is 2.39. The Hall–Kier alpha value is -0.820. The third-order valence-electron chi connectivity index (χ3n) is 4.34. The lowest BCUT2D eigenvalue weighted by Crippen LogP contribution is -2.60. The number of halogens is 3. The molecule has 2 heterocycles. The third-order valence-corrected chi connectivity index (χ3v) is 5.83. The maximum absolute atomic E-state index is 12.4. The Bertz CT molecular complexity index is 698. The number of carbonyl (C=O) groups is 1. The molecule has 1 aromatic carbocycles. The Kier molecular flexibility index (Phi) is 6.83. The molecule has 1 fully saturated rings. The summed E-state index contributed by atoms with van der Waals surface area (Å²) in [6.45, 7) is 4.03. The van der Waals surface area contributed by atoms with Crippen molar-refractivity contribution in [1.82, 2.24) is 15.1 Å². The van der Waals surface area contributed by atoms with Gasteiger partial charge in [0.25, 0.3) is 5.91 Å². The van der Waals surface area contributed by atoms with E-state index in [4.69, 9.17) is 34.8 Å². The highest BCUT2D eigenvalue weighted by atomic mass is 35.6. The van der Waals surface area contributed by atoms with Crippen molar-refractivity contribution < 1.29 is 4.79 Å². The van der Waals surface area contributed by atoms with Crippen LogP contribution in [-0.4, -0.2) is 51.8 Å². The van der Waals surface area contributed by atoms with Gasteiger partial charge in [-0.15, -0.1) is 11.3 Å². The SMILES string of the molecule is O=C(N[C@@H](N1CCN(Cc2ccccc2)CC1)C(Cl)(Cl)Cl)c1cccs1. The molecule has 1 N–H and O–H groups in total. The van der Waals surface area contributed by atoms with Gasteiger partial charge in [-0.1, -0.05) is 71.2 Å². The van der Waals surface area contributed by atoms with E-state index in [1.54, 1.807) is 6.07 Å². The van der Waals surface area contributed by atoms with Gasteiger partial charge in [0, 0.05) is 32.7 Å². The van der Waals surface area contributed by atoms with Crippen molar-refractivity contribution in [3.05, 3.63) is 58.3 Å². The van der Waals surface area contributed by atoms with E-state index in [0.717, 1.165) is 32.7 Å². The molecule has 0 unspecified atom stereocenters. The number of piperazine rings is 1. The van der Waals surface area contributed by atoms with Gasteiger partial charge in [-0.05, 0) is 17.0 Å². The van der Waals surface area contributed by atoms with Crippen LogP contribution in [0, 0.1) is 0 Å². The maximum atomic E-state index is 12.4. The molecule has 140 valence electrons. The first-order valence-corrected chi connectivity index (χ1v) is 10.4. The number of hydrogen-bond donors (Lipinski definition) is 1. The van der Waals surface area contributed by atoms with Crippen LogP contribution < -0.4 is 5.32 Å². The smallest absolute Gasteiger partial charge is 0.262 e. The van der Waals surface area contributed by atoms with E-state index in [9.17, 15) is 4.79 Å². The molecule has 0 aliphatic carbocycles. The first kappa shape index (κ1) is 19.9. The molecule has 4 nitrogen and oxygen atoms in total. The van der Waals surface area contributed by atoms with Crippen LogP contribution in [0.1, 0.15) is 15.2 Å². The van der Waals surface area contributed by atoms with E-state index in [1.165, 1.54) is 16.9 Å². The van der Waals surface area contributed by atoms with Crippen LogP contribution in [-0.2, 0) is 6.54 Å². The molecular formula is C18H20Cl3N3OS. The van der Waals surface area contributed by atoms with Gasteiger partial charge in [0.05, 0.1) is 4.88 Å². The molecule has 0 radical (unpaired) electrons. The van der Waals surface area contributed by atoms with Gasteiger partial charge in [-0.3, -0.25) is 14.6 Å². The molecule has 3 rings (SSSR count). The molecule has 0 bridgehead atoms. The summed E-state index contributed by atoms with van der Waals surface area (Å²) in [5.74, 6) is -0.219. The maximum Gasteiger partial charge on any atom is 0.262 e. The molecule has 2 aromatic rings. The second kappa shape index (κ2) is 8.91. The first-order valence-electron chi connectivity index (χ1n) is 8.35. The number of nitrogens with zero attached hydrogens (tertiary/aromatic N) is 2. The van der Waals surface area contributed by atoms with Crippen LogP contribution >= 0.6 is 46.1 Å². The molecular weight excluding hydrogens is 413 g/mol. The van der Waals surface area contributed by atoms with Gasteiger partial charge >= 0.3 is 0 Å². The fourth-order valence-electron chi connectivity index (χ4n) is 3.00. The van der Waals surface area contributed by atoms with Gasteiger partial charge in [0.2, 0.25) is 3.79 Å². The van der Waals surface area contributed by atoms with Crippen LogP contribution in [0.5, 0.6) is 0 Å². The number of nitrogens with one attached hydrogen (secondary N) is 1. The van der Waals surface area contributed by atoms with Gasteiger partial charge in [0.1, 0.15) is 6.17 Å². The van der Waals surface area contributed by atoms with E-state index in [-0.39, 0.29) is 5.91 Å². The zero-order valence-corrected chi connectivity index (χ0v) is 17.2. The van der Waals surface area contributed by atoms with Gasteiger partial charge in [-0.2, -0.15) is 0 Å². The summed E-state index contributed by atoms with van der Waals surface area (Å²) in [7, 11) is 0. The quantitative estimate of drug-likeness (QED) is 0.726. The van der Waals surface area contributed by atoms with E-state index in [2.05, 4.69) is 22.3 Å². The Morgan fingerprint density at radius 1 is 1.08 bits per heavy atom. The summed E-state index contributed by atoms with van der Waals surface area (Å²) in [4.78, 5) is 17.4. The summed E-state index contributed by atoms with van der Waals surface area (Å²) in [5.41, 5.74) is 1.28. The Morgan fingerprint density at radius 3 is 2.35 bits per heavy atom. The fraction of sp³-hybridized carbons (Fsp3) is 0.389. The zero-order valence-electron chi connectivity index (χ0n) is 14.1. The molecule has 1 aromatic heterocycles. The molecule has 0 spiro atoms. The van der Waals surface area contributed by atoms with E-state index in [1.807, 2.05) is 34.5 Å². The summed E-state index contributed by atoms with van der Waals surface area (Å²) >= 11 is 19.9. The average molecular weight is 433 g/mol. The predicted octanol–water partition coefficient (Wildman–Crippen LogP) is 3.99. The number of rotatable bonds is 5. The Morgan fingerprint density at radius 2 is 1.77 bits per heavy atom. The zero-order chi connectivity index (χ0) is 18.6. The molecule has 26 heavy (non-hydrogen) atoms. The fourth-order valence-corrected chi connectivity index (χ4v) is 4.21. The summed E-state index contributed by atoms with van der Waals surface area (Å²) < 4.78 is -1.60. The number of carbonyl (C=O) groups excluding carboxylic acids is 1. The minimum absolute atomic E-state index is 0.219. The van der Waals surface area contributed by atoms with Crippen molar-refractivity contribution in [2.24, 2.45) is 0 Å². The van der Waals surface area contributed by atoms with Crippen LogP contribution in [0.25, 0.3) is 0 Å². The predicted molar refractivity (Wildman–Crippen MR) is 109 cm³/mol. The molecule has 8 heteroatoms. The van der Waals surface area contributed by atoms with Gasteiger partial charge in [0.15, 0.2) is 0 Å². The van der Waals surface area contributed by atoms with Crippen molar-refractivity contribution in [3.63, 3.8) is 0 Å². The number of hydrogen-bond acceptors (Lipinski definition) is 4. The third kappa shape index (κ3) is 5.35. The average Bonchev–Trinajstić information content (AvgIpc) is 3.15. The Labute approximate surface area is 172 Å². The summed E-state index contributed by atoms with van der Waals surface area (Å²) in [6.07, 6.45) is -0.666. The summed E-state index contributed by atoms with van der Waals surface area (Å²) in [5, 5.41) is 4.73. The van der Waals surface area contributed by atoms with Gasteiger partial charge < -0.3 is 5.32 Å². The van der Waals surface area contributed by atoms with Crippen LogP contribution in [0.2, 0.25) is 0 Å². The normalized spacial score (nSPS) is 17.8. The van der Waals surface area contributed by atoms with Crippen molar-refractivity contribution >= 4 is 52.0 Å². The summed E-state index contributed by atoms with van der Waals surface area (Å²) in [6, 6.07) is 13.9. The monoisotopic (exact) mass is 431 g/mol. The standard InChI is InChI=1S/C18H20Cl3N3OS/c19-18(20,21)17(22-16(25)15-7-4-12-26-15)24-10-8-23(9-11-24)13-14-5-2-1-3-6-14/h1-7,12,17H,8-11,13H2,(H,22,25)/t17-/m0/s1. The Balaban J connectivity index is 1.59. The lowest BCUT2D eigenvalue weighted by atomic mass is 10.2. The number of alkyl halides is 3. The van der Waals surface area contributed by atoms with Crippen molar-refractivity contribution in [2.75, 3.05) is 26.2 Å². The van der Waals surface area contributed by atoms with Crippen LogP contribution in [0.15, 0.2) is 47.8 Å². The number of amides is 1. The van der Waals surface area contributed by atoms with Crippen molar-refractivity contribution in [1.29, 1.82) is 0 Å². The second-order valence-corrected chi connectivity index (χ2v) is 9.51. The van der Waals surface area contributed by atoms with Crippen LogP contribution in [0.3, 0.4) is 0 Å². The second-order valence-electron chi connectivity index (χ2n) is 6.19. The van der Waals surface area contributed by atoms with Gasteiger partial charge in [-0.25, -0.2) is 0 Å². The molecule has 1 atom stereocenters. The highest BCUT2D eigenvalue weighted by molar-refractivity contribution is 7.12. The minimum atomic E-state index is -1.60. The molecule has 1 aliphatic heterocycles. The van der Waals surface area contributed by atoms with E-state index < -0.39 is 9.96 Å². The van der Waals surface area contributed by atoms with E-state index in [0.29, 0.717) is 4.88 Å². The topological polar surface area (TPSA) is 35.6 Å². The molecule has 0 saturated carbocycles. The van der Waals surface area contributed by atoms with Crippen LogP contribution in [0.4, 0.5) is 0 Å². The van der Waals surface area contributed by atoms with E-state index >= 15 is 0 Å². The van der Waals surface area contributed by atoms with Crippen molar-refractivity contribution in [2.45, 2.75) is 16.5 Å². The molecule has 1 aliphatic rings. The highest BCUT2D eigenvalue weighted by Crippen LogP contribution is 2.33.